The minimum absolute atomic E-state index is 0.0814. The highest BCUT2D eigenvalue weighted by molar-refractivity contribution is 9.10. The van der Waals surface area contributed by atoms with Crippen molar-refractivity contribution < 1.29 is 9.59 Å². The van der Waals surface area contributed by atoms with E-state index in [1.54, 1.807) is 0 Å². The smallest absolute Gasteiger partial charge is 0.236 e. The number of likely N-dealkylation sites (tertiary alicyclic amines) is 1. The number of rotatable bonds is 5. The quantitative estimate of drug-likeness (QED) is 0.859. The second-order valence-electron chi connectivity index (χ2n) is 5.82. The third-order valence-electron chi connectivity index (χ3n) is 4.05. The lowest BCUT2D eigenvalue weighted by atomic mass is 9.96. The highest BCUT2D eigenvalue weighted by Crippen LogP contribution is 2.19. The Hall–Kier alpha value is -1.40. The van der Waals surface area contributed by atoms with Crippen LogP contribution in [0.4, 0.5) is 0 Å². The van der Waals surface area contributed by atoms with E-state index in [1.807, 2.05) is 41.1 Å². The summed E-state index contributed by atoms with van der Waals surface area (Å²) in [6, 6.07) is 8.01. The lowest BCUT2D eigenvalue weighted by Gasteiger charge is -2.31. The van der Waals surface area contributed by atoms with Crippen molar-refractivity contribution >= 4 is 27.7 Å². The largest absolute Gasteiger partial charge is 0.369 e. The lowest BCUT2D eigenvalue weighted by molar-refractivity contribution is -0.135. The van der Waals surface area contributed by atoms with Crippen LogP contribution in [0.2, 0.25) is 0 Å². The molecule has 0 spiro atoms. The van der Waals surface area contributed by atoms with Gasteiger partial charge in [0.05, 0.1) is 6.54 Å². The molecule has 5 nitrogen and oxygen atoms in total. The maximum Gasteiger partial charge on any atom is 0.236 e. The summed E-state index contributed by atoms with van der Waals surface area (Å²) in [5.74, 6) is -0.224. The average Bonchev–Trinajstić information content (AvgIpc) is 2.49. The zero-order valence-electron chi connectivity index (χ0n) is 12.8. The van der Waals surface area contributed by atoms with Gasteiger partial charge >= 0.3 is 0 Å². The first-order valence-electron chi connectivity index (χ1n) is 7.46. The number of likely N-dealkylation sites (N-methyl/N-ethyl adjacent to an activating group) is 1. The van der Waals surface area contributed by atoms with Gasteiger partial charge in [0.15, 0.2) is 0 Å². The molecule has 6 heteroatoms. The van der Waals surface area contributed by atoms with Crippen molar-refractivity contribution in [1.82, 2.24) is 9.80 Å². The van der Waals surface area contributed by atoms with Crippen LogP contribution in [0, 0.1) is 5.92 Å². The van der Waals surface area contributed by atoms with E-state index in [2.05, 4.69) is 15.9 Å². The summed E-state index contributed by atoms with van der Waals surface area (Å²) < 4.78 is 1.05. The number of hydrogen-bond donors (Lipinski definition) is 1. The zero-order valence-corrected chi connectivity index (χ0v) is 14.4. The first kappa shape index (κ1) is 17.0. The van der Waals surface area contributed by atoms with E-state index in [9.17, 15) is 9.59 Å². The molecule has 120 valence electrons. The second-order valence-corrected chi connectivity index (χ2v) is 6.68. The molecule has 0 aliphatic carbocycles. The summed E-state index contributed by atoms with van der Waals surface area (Å²) in [7, 11) is 1.94. The van der Waals surface area contributed by atoms with E-state index in [4.69, 9.17) is 5.73 Å². The summed E-state index contributed by atoms with van der Waals surface area (Å²) >= 11 is 3.52. The van der Waals surface area contributed by atoms with E-state index >= 15 is 0 Å². The van der Waals surface area contributed by atoms with Gasteiger partial charge in [0, 0.05) is 30.0 Å². The van der Waals surface area contributed by atoms with Crippen LogP contribution in [0.25, 0.3) is 0 Å². The summed E-state index contributed by atoms with van der Waals surface area (Å²) in [6.45, 7) is 2.33. The SMILES string of the molecule is CN(CC(=O)N1CCC(C(N)=O)CC1)Cc1ccccc1Br. The average molecular weight is 368 g/mol. The fourth-order valence-corrected chi connectivity index (χ4v) is 3.13. The number of benzene rings is 1. The van der Waals surface area contributed by atoms with Crippen molar-refractivity contribution in [3.8, 4) is 0 Å². The lowest BCUT2D eigenvalue weighted by Crippen LogP contribution is -2.45. The molecule has 0 unspecified atom stereocenters. The highest BCUT2D eigenvalue weighted by atomic mass is 79.9. The predicted octanol–water partition coefficient (Wildman–Crippen LogP) is 1.60. The van der Waals surface area contributed by atoms with Gasteiger partial charge in [-0.15, -0.1) is 0 Å². The van der Waals surface area contributed by atoms with Crippen LogP contribution in [0.1, 0.15) is 18.4 Å². The Bertz CT molecular complexity index is 542. The number of piperidine rings is 1. The molecule has 1 aromatic carbocycles. The Kier molecular flexibility index (Phi) is 5.97. The summed E-state index contributed by atoms with van der Waals surface area (Å²) in [5, 5.41) is 0. The van der Waals surface area contributed by atoms with Crippen molar-refractivity contribution in [3.05, 3.63) is 34.3 Å². The fourth-order valence-electron chi connectivity index (χ4n) is 2.72. The Morgan fingerprint density at radius 2 is 1.95 bits per heavy atom. The number of carbonyl (C=O) groups excluding carboxylic acids is 2. The third-order valence-corrected chi connectivity index (χ3v) is 4.83. The van der Waals surface area contributed by atoms with E-state index in [0.29, 0.717) is 39.0 Å². The number of nitrogens with two attached hydrogens (primary N) is 1. The fraction of sp³-hybridized carbons (Fsp3) is 0.500. The molecule has 0 radical (unpaired) electrons. The van der Waals surface area contributed by atoms with Crippen LogP contribution in [-0.2, 0) is 16.1 Å². The molecular weight excluding hydrogens is 346 g/mol. The van der Waals surface area contributed by atoms with Crippen molar-refractivity contribution in [2.24, 2.45) is 11.7 Å². The predicted molar refractivity (Wildman–Crippen MR) is 89.0 cm³/mol. The van der Waals surface area contributed by atoms with Crippen LogP contribution in [-0.4, -0.2) is 48.3 Å². The number of halogens is 1. The molecule has 22 heavy (non-hydrogen) atoms. The molecule has 1 saturated heterocycles. The van der Waals surface area contributed by atoms with Crippen LogP contribution in [0.3, 0.4) is 0 Å². The van der Waals surface area contributed by atoms with Gasteiger partial charge in [0.1, 0.15) is 0 Å². The molecule has 1 aromatic rings. The van der Waals surface area contributed by atoms with Gasteiger partial charge in [-0.1, -0.05) is 34.1 Å². The summed E-state index contributed by atoms with van der Waals surface area (Å²) in [6.07, 6.45) is 1.35. The van der Waals surface area contributed by atoms with Gasteiger partial charge in [0.2, 0.25) is 11.8 Å². The topological polar surface area (TPSA) is 66.6 Å². The molecule has 1 aliphatic rings. The first-order chi connectivity index (χ1) is 10.5. The molecule has 1 aliphatic heterocycles. The first-order valence-corrected chi connectivity index (χ1v) is 8.25. The van der Waals surface area contributed by atoms with E-state index in [1.165, 1.54) is 0 Å². The minimum atomic E-state index is -0.252. The Morgan fingerprint density at radius 3 is 2.55 bits per heavy atom. The molecule has 1 heterocycles. The van der Waals surface area contributed by atoms with Gasteiger partial charge in [-0.3, -0.25) is 14.5 Å². The number of primary amides is 1. The van der Waals surface area contributed by atoms with Crippen LogP contribution < -0.4 is 5.73 Å². The standard InChI is InChI=1S/C16H22BrN3O2/c1-19(10-13-4-2-3-5-14(13)17)11-15(21)20-8-6-12(7-9-20)16(18)22/h2-5,12H,6-11H2,1H3,(H2,18,22). The van der Waals surface area contributed by atoms with Crippen molar-refractivity contribution in [3.63, 3.8) is 0 Å². The molecule has 2 rings (SSSR count). The Labute approximate surface area is 139 Å². The maximum atomic E-state index is 12.3. The van der Waals surface area contributed by atoms with E-state index in [-0.39, 0.29) is 17.7 Å². The van der Waals surface area contributed by atoms with Crippen LogP contribution in [0.5, 0.6) is 0 Å². The summed E-state index contributed by atoms with van der Waals surface area (Å²) in [5.41, 5.74) is 6.47. The van der Waals surface area contributed by atoms with Crippen LogP contribution >= 0.6 is 15.9 Å². The highest BCUT2D eigenvalue weighted by Gasteiger charge is 2.26. The third kappa shape index (κ3) is 4.55. The zero-order chi connectivity index (χ0) is 16.1. The Morgan fingerprint density at radius 1 is 1.32 bits per heavy atom. The van der Waals surface area contributed by atoms with E-state index < -0.39 is 0 Å². The molecule has 1 fully saturated rings. The molecule has 2 N–H and O–H groups in total. The van der Waals surface area contributed by atoms with Gasteiger partial charge in [0.25, 0.3) is 0 Å². The number of hydrogen-bond acceptors (Lipinski definition) is 3. The van der Waals surface area contributed by atoms with E-state index in [0.717, 1.165) is 10.0 Å². The number of amides is 2. The molecule has 0 atom stereocenters. The molecule has 2 amide bonds. The normalized spacial score (nSPS) is 16.0. The van der Waals surface area contributed by atoms with Crippen molar-refractivity contribution in [1.29, 1.82) is 0 Å². The molecule has 0 saturated carbocycles. The Balaban J connectivity index is 1.82. The molecule has 0 aromatic heterocycles. The van der Waals surface area contributed by atoms with Crippen molar-refractivity contribution in [2.75, 3.05) is 26.7 Å². The van der Waals surface area contributed by atoms with Gasteiger partial charge < -0.3 is 10.6 Å². The maximum absolute atomic E-state index is 12.3. The number of nitrogens with zero attached hydrogens (tertiary/aromatic N) is 2. The minimum Gasteiger partial charge on any atom is -0.369 e. The van der Waals surface area contributed by atoms with Crippen molar-refractivity contribution in [2.45, 2.75) is 19.4 Å². The summed E-state index contributed by atoms with van der Waals surface area (Å²) in [4.78, 5) is 27.3. The molecular formula is C16H22BrN3O2. The monoisotopic (exact) mass is 367 g/mol. The second kappa shape index (κ2) is 7.74. The molecule has 0 bridgehead atoms. The van der Waals surface area contributed by atoms with Gasteiger partial charge in [-0.25, -0.2) is 0 Å². The van der Waals surface area contributed by atoms with Crippen LogP contribution in [0.15, 0.2) is 28.7 Å². The van der Waals surface area contributed by atoms with Gasteiger partial charge in [-0.05, 0) is 31.5 Å². The number of carbonyl (C=O) groups is 2. The van der Waals surface area contributed by atoms with Gasteiger partial charge in [-0.2, -0.15) is 0 Å².